The SMILES string of the molecule is Cc1cc(NC(=O)COc2coc(CN3CCc4ccccc43)cc2=O)no1. The predicted molar refractivity (Wildman–Crippen MR) is 102 cm³/mol. The number of para-hydroxylation sites is 1. The van der Waals surface area contributed by atoms with Crippen molar-refractivity contribution in [3.8, 4) is 5.75 Å². The van der Waals surface area contributed by atoms with Crippen molar-refractivity contribution in [1.29, 1.82) is 0 Å². The second-order valence-corrected chi connectivity index (χ2v) is 6.53. The fourth-order valence-corrected chi connectivity index (χ4v) is 3.13. The van der Waals surface area contributed by atoms with Gasteiger partial charge in [0.1, 0.15) is 17.8 Å². The first-order valence-electron chi connectivity index (χ1n) is 8.89. The Balaban J connectivity index is 1.36. The van der Waals surface area contributed by atoms with Crippen molar-refractivity contribution in [1.82, 2.24) is 5.16 Å². The van der Waals surface area contributed by atoms with Crippen LogP contribution in [0.25, 0.3) is 0 Å². The Kier molecular flexibility index (Phi) is 4.84. The molecule has 0 unspecified atom stereocenters. The lowest BCUT2D eigenvalue weighted by atomic mass is 10.2. The molecule has 144 valence electrons. The number of rotatable bonds is 6. The summed E-state index contributed by atoms with van der Waals surface area (Å²) in [5, 5.41) is 6.17. The van der Waals surface area contributed by atoms with Crippen LogP contribution in [0.2, 0.25) is 0 Å². The molecular formula is C20H19N3O5. The molecule has 1 aromatic carbocycles. The molecule has 8 heteroatoms. The number of hydrogen-bond donors (Lipinski definition) is 1. The van der Waals surface area contributed by atoms with E-state index < -0.39 is 5.91 Å². The van der Waals surface area contributed by atoms with E-state index in [4.69, 9.17) is 13.7 Å². The van der Waals surface area contributed by atoms with Crippen LogP contribution in [0.1, 0.15) is 17.1 Å². The van der Waals surface area contributed by atoms with E-state index in [1.807, 2.05) is 12.1 Å². The highest BCUT2D eigenvalue weighted by Crippen LogP contribution is 2.28. The van der Waals surface area contributed by atoms with Gasteiger partial charge >= 0.3 is 0 Å². The van der Waals surface area contributed by atoms with Gasteiger partial charge < -0.3 is 23.9 Å². The Bertz CT molecular complexity index is 1060. The number of aryl methyl sites for hydroxylation is 1. The number of nitrogens with zero attached hydrogens (tertiary/aromatic N) is 2. The Labute approximate surface area is 160 Å². The van der Waals surface area contributed by atoms with Crippen molar-refractivity contribution in [2.45, 2.75) is 19.9 Å². The first kappa shape index (κ1) is 17.8. The molecule has 1 N–H and O–H groups in total. The van der Waals surface area contributed by atoms with Gasteiger partial charge in [0.05, 0.1) is 6.54 Å². The van der Waals surface area contributed by atoms with Crippen LogP contribution >= 0.6 is 0 Å². The average Bonchev–Trinajstić information content (AvgIpc) is 3.27. The zero-order valence-corrected chi connectivity index (χ0v) is 15.3. The van der Waals surface area contributed by atoms with Crippen molar-refractivity contribution in [2.24, 2.45) is 0 Å². The third kappa shape index (κ3) is 3.90. The third-order valence-corrected chi connectivity index (χ3v) is 4.44. The van der Waals surface area contributed by atoms with Gasteiger partial charge in [-0.2, -0.15) is 0 Å². The normalized spacial score (nSPS) is 12.7. The Morgan fingerprint density at radius 2 is 2.18 bits per heavy atom. The molecule has 0 aliphatic carbocycles. The predicted octanol–water partition coefficient (Wildman–Crippen LogP) is 2.52. The molecule has 4 rings (SSSR count). The summed E-state index contributed by atoms with van der Waals surface area (Å²) in [6.07, 6.45) is 2.22. The maximum absolute atomic E-state index is 12.3. The summed E-state index contributed by atoms with van der Waals surface area (Å²) < 4.78 is 15.7. The maximum Gasteiger partial charge on any atom is 0.263 e. The largest absolute Gasteiger partial charge is 0.477 e. The highest BCUT2D eigenvalue weighted by atomic mass is 16.5. The van der Waals surface area contributed by atoms with Crippen LogP contribution in [0, 0.1) is 6.92 Å². The van der Waals surface area contributed by atoms with E-state index in [1.165, 1.54) is 17.9 Å². The van der Waals surface area contributed by atoms with Crippen LogP contribution in [-0.2, 0) is 17.8 Å². The highest BCUT2D eigenvalue weighted by molar-refractivity contribution is 5.90. The molecule has 1 aliphatic heterocycles. The minimum atomic E-state index is -0.453. The summed E-state index contributed by atoms with van der Waals surface area (Å²) >= 11 is 0. The number of hydrogen-bond acceptors (Lipinski definition) is 7. The van der Waals surface area contributed by atoms with Crippen molar-refractivity contribution in [3.05, 3.63) is 70.0 Å². The molecule has 8 nitrogen and oxygen atoms in total. The number of ether oxygens (including phenoxy) is 1. The topological polar surface area (TPSA) is 97.8 Å². The van der Waals surface area contributed by atoms with Gasteiger partial charge in [-0.1, -0.05) is 23.4 Å². The van der Waals surface area contributed by atoms with E-state index in [0.29, 0.717) is 23.9 Å². The summed E-state index contributed by atoms with van der Waals surface area (Å²) in [7, 11) is 0. The summed E-state index contributed by atoms with van der Waals surface area (Å²) in [5.74, 6) is 0.937. The van der Waals surface area contributed by atoms with Crippen molar-refractivity contribution >= 4 is 17.4 Å². The molecular weight excluding hydrogens is 362 g/mol. The summed E-state index contributed by atoms with van der Waals surface area (Å²) in [4.78, 5) is 26.3. The fraction of sp³-hybridized carbons (Fsp3) is 0.250. The molecule has 0 saturated heterocycles. The molecule has 0 fully saturated rings. The first-order valence-corrected chi connectivity index (χ1v) is 8.89. The van der Waals surface area contributed by atoms with Gasteiger partial charge in [0, 0.05) is 24.4 Å². The number of aromatic nitrogens is 1. The average molecular weight is 381 g/mol. The molecule has 0 spiro atoms. The van der Waals surface area contributed by atoms with E-state index in [9.17, 15) is 9.59 Å². The van der Waals surface area contributed by atoms with E-state index in [1.54, 1.807) is 13.0 Å². The van der Waals surface area contributed by atoms with E-state index in [-0.39, 0.29) is 17.8 Å². The number of anilines is 2. The molecule has 3 heterocycles. The van der Waals surface area contributed by atoms with Crippen LogP contribution in [0.15, 0.2) is 56.4 Å². The maximum atomic E-state index is 12.3. The number of nitrogens with one attached hydrogen (secondary N) is 1. The Morgan fingerprint density at radius 3 is 2.96 bits per heavy atom. The Hall–Kier alpha value is -3.55. The molecule has 28 heavy (non-hydrogen) atoms. The molecule has 1 amide bonds. The molecule has 0 bridgehead atoms. The molecule has 2 aromatic heterocycles. The monoisotopic (exact) mass is 381 g/mol. The van der Waals surface area contributed by atoms with Crippen LogP contribution in [0.5, 0.6) is 5.75 Å². The van der Waals surface area contributed by atoms with Crippen molar-refractivity contribution in [2.75, 3.05) is 23.4 Å². The first-order chi connectivity index (χ1) is 13.6. The molecule has 0 atom stereocenters. The van der Waals surface area contributed by atoms with E-state index in [2.05, 4.69) is 27.5 Å². The lowest BCUT2D eigenvalue weighted by Gasteiger charge is -2.18. The van der Waals surface area contributed by atoms with Gasteiger partial charge in [0.2, 0.25) is 11.2 Å². The van der Waals surface area contributed by atoms with Crippen molar-refractivity contribution in [3.63, 3.8) is 0 Å². The lowest BCUT2D eigenvalue weighted by molar-refractivity contribution is -0.118. The lowest BCUT2D eigenvalue weighted by Crippen LogP contribution is -2.23. The number of carbonyl (C=O) groups is 1. The van der Waals surface area contributed by atoms with E-state index >= 15 is 0 Å². The van der Waals surface area contributed by atoms with Gasteiger partial charge in [0.15, 0.2) is 12.4 Å². The summed E-state index contributed by atoms with van der Waals surface area (Å²) in [5.41, 5.74) is 2.11. The minimum Gasteiger partial charge on any atom is -0.477 e. The summed E-state index contributed by atoms with van der Waals surface area (Å²) in [6.45, 7) is 2.75. The zero-order chi connectivity index (χ0) is 19.5. The minimum absolute atomic E-state index is 0.0166. The van der Waals surface area contributed by atoms with Gasteiger partial charge in [-0.15, -0.1) is 0 Å². The van der Waals surface area contributed by atoms with Gasteiger partial charge in [-0.05, 0) is 25.0 Å². The third-order valence-electron chi connectivity index (χ3n) is 4.44. The number of fused-ring (bicyclic) bond motifs is 1. The second-order valence-electron chi connectivity index (χ2n) is 6.53. The second kappa shape index (κ2) is 7.59. The smallest absolute Gasteiger partial charge is 0.263 e. The van der Waals surface area contributed by atoms with Crippen LogP contribution in [0.4, 0.5) is 11.5 Å². The van der Waals surface area contributed by atoms with Gasteiger partial charge in [-0.3, -0.25) is 9.59 Å². The number of amides is 1. The van der Waals surface area contributed by atoms with Crippen LogP contribution < -0.4 is 20.4 Å². The van der Waals surface area contributed by atoms with E-state index in [0.717, 1.165) is 18.7 Å². The quantitative estimate of drug-likeness (QED) is 0.700. The highest BCUT2D eigenvalue weighted by Gasteiger charge is 2.19. The van der Waals surface area contributed by atoms with Crippen molar-refractivity contribution < 1.29 is 18.5 Å². The fourth-order valence-electron chi connectivity index (χ4n) is 3.13. The van der Waals surface area contributed by atoms with Crippen LogP contribution in [0.3, 0.4) is 0 Å². The Morgan fingerprint density at radius 1 is 1.32 bits per heavy atom. The molecule has 0 radical (unpaired) electrons. The molecule has 0 saturated carbocycles. The molecule has 1 aliphatic rings. The zero-order valence-electron chi connectivity index (χ0n) is 15.3. The van der Waals surface area contributed by atoms with Crippen LogP contribution in [-0.4, -0.2) is 24.2 Å². The van der Waals surface area contributed by atoms with Gasteiger partial charge in [-0.25, -0.2) is 0 Å². The standard InChI is InChI=1S/C20H19N3O5/c1-13-8-19(22-28-13)21-20(25)12-27-18-11-26-15(9-17(18)24)10-23-7-6-14-4-2-3-5-16(14)23/h2-5,8-9,11H,6-7,10,12H2,1H3,(H,21,22,25). The molecule has 3 aromatic rings. The van der Waals surface area contributed by atoms with Gasteiger partial charge in [0.25, 0.3) is 5.91 Å². The number of benzene rings is 1. The summed E-state index contributed by atoms with van der Waals surface area (Å²) in [6, 6.07) is 11.2. The number of carbonyl (C=O) groups excluding carboxylic acids is 1.